The number of nitrogens with zero attached hydrogens (tertiary/aromatic N) is 3. The van der Waals surface area contributed by atoms with Crippen molar-refractivity contribution in [1.82, 2.24) is 9.29 Å². The molecule has 1 aromatic heterocycles. The Morgan fingerprint density at radius 1 is 0.969 bits per heavy atom. The number of benzene rings is 1. The van der Waals surface area contributed by atoms with Gasteiger partial charge in [-0.25, -0.2) is 13.4 Å². The largest absolute Gasteiger partial charge is 0.417 e. The molecule has 0 bridgehead atoms. The van der Waals surface area contributed by atoms with Crippen molar-refractivity contribution in [3.8, 4) is 0 Å². The van der Waals surface area contributed by atoms with E-state index in [9.17, 15) is 21.6 Å². The Bertz CT molecular complexity index is 1000. The van der Waals surface area contributed by atoms with E-state index in [1.54, 1.807) is 12.1 Å². The molecule has 0 saturated carbocycles. The minimum atomic E-state index is -4.42. The van der Waals surface area contributed by atoms with Crippen LogP contribution in [0.2, 0.25) is 0 Å². The number of halogens is 3. The van der Waals surface area contributed by atoms with E-state index in [-0.39, 0.29) is 10.9 Å². The van der Waals surface area contributed by atoms with Crippen LogP contribution in [0.1, 0.15) is 18.4 Å². The van der Waals surface area contributed by atoms with Crippen LogP contribution in [0.25, 0.3) is 0 Å². The van der Waals surface area contributed by atoms with Crippen molar-refractivity contribution in [3.63, 3.8) is 0 Å². The Balaban J connectivity index is 1.34. The highest BCUT2D eigenvalue weighted by Crippen LogP contribution is 2.29. The lowest BCUT2D eigenvalue weighted by atomic mass is 10.1. The van der Waals surface area contributed by atoms with Crippen molar-refractivity contribution in [2.75, 3.05) is 49.6 Å². The van der Waals surface area contributed by atoms with Crippen LogP contribution >= 0.6 is 0 Å². The molecule has 2 aliphatic rings. The number of hydrogen-bond acceptors (Lipinski definition) is 6. The summed E-state index contributed by atoms with van der Waals surface area (Å²) in [6.45, 7) is 3.52. The monoisotopic (exact) mass is 470 g/mol. The molecule has 2 saturated heterocycles. The predicted molar refractivity (Wildman–Crippen MR) is 114 cm³/mol. The summed E-state index contributed by atoms with van der Waals surface area (Å²) >= 11 is 0. The van der Waals surface area contributed by atoms with Crippen molar-refractivity contribution in [3.05, 3.63) is 48.2 Å². The lowest BCUT2D eigenvalue weighted by molar-refractivity contribution is -0.137. The van der Waals surface area contributed by atoms with E-state index >= 15 is 0 Å². The first-order valence-corrected chi connectivity index (χ1v) is 11.9. The van der Waals surface area contributed by atoms with Gasteiger partial charge < -0.3 is 15.0 Å². The van der Waals surface area contributed by atoms with E-state index in [4.69, 9.17) is 4.74 Å². The van der Waals surface area contributed by atoms with Gasteiger partial charge in [-0.2, -0.15) is 17.5 Å². The molecule has 0 spiro atoms. The Kier molecular flexibility index (Phi) is 6.59. The van der Waals surface area contributed by atoms with Crippen molar-refractivity contribution in [2.45, 2.75) is 30.0 Å². The molecular formula is C21H25F3N4O3S. The quantitative estimate of drug-likeness (QED) is 0.724. The highest BCUT2D eigenvalue weighted by atomic mass is 32.2. The number of piperidine rings is 1. The van der Waals surface area contributed by atoms with Gasteiger partial charge in [0.05, 0.1) is 23.7 Å². The number of ether oxygens (including phenoxy) is 1. The number of pyridine rings is 1. The van der Waals surface area contributed by atoms with Gasteiger partial charge in [0.25, 0.3) is 0 Å². The van der Waals surface area contributed by atoms with Crippen molar-refractivity contribution in [2.24, 2.45) is 0 Å². The van der Waals surface area contributed by atoms with E-state index in [0.29, 0.717) is 45.0 Å². The Morgan fingerprint density at radius 2 is 1.62 bits per heavy atom. The van der Waals surface area contributed by atoms with Gasteiger partial charge in [-0.1, -0.05) is 0 Å². The second kappa shape index (κ2) is 9.24. The molecule has 1 aromatic carbocycles. The zero-order chi connectivity index (χ0) is 22.8. The van der Waals surface area contributed by atoms with E-state index < -0.39 is 21.8 Å². The molecular weight excluding hydrogens is 445 g/mol. The van der Waals surface area contributed by atoms with Crippen molar-refractivity contribution in [1.29, 1.82) is 0 Å². The highest BCUT2D eigenvalue weighted by Gasteiger charge is 2.32. The van der Waals surface area contributed by atoms with Gasteiger partial charge in [-0.15, -0.1) is 0 Å². The van der Waals surface area contributed by atoms with Crippen LogP contribution in [-0.4, -0.2) is 63.1 Å². The normalized spacial score (nSPS) is 19.2. The Morgan fingerprint density at radius 3 is 2.19 bits per heavy atom. The first-order chi connectivity index (χ1) is 15.2. The van der Waals surface area contributed by atoms with Gasteiger partial charge in [0.2, 0.25) is 10.0 Å². The topological polar surface area (TPSA) is 74.8 Å². The molecule has 11 heteroatoms. The molecule has 0 aliphatic carbocycles. The number of anilines is 2. The minimum absolute atomic E-state index is 0.0608. The molecule has 3 heterocycles. The standard InChI is InChI=1S/C21H25F3N4O3S/c22-21(23,24)16-1-6-20(25-15-16)26-17-7-9-28(10-8-17)32(29,30)19-4-2-18(3-5-19)27-11-13-31-14-12-27/h1-6,15,17H,7-14H2,(H,25,26). The number of rotatable bonds is 5. The maximum atomic E-state index is 13.0. The smallest absolute Gasteiger partial charge is 0.378 e. The van der Waals surface area contributed by atoms with Crippen LogP contribution in [0.3, 0.4) is 0 Å². The van der Waals surface area contributed by atoms with Gasteiger partial charge in [0, 0.05) is 44.1 Å². The maximum absolute atomic E-state index is 13.0. The molecule has 174 valence electrons. The van der Waals surface area contributed by atoms with Crippen LogP contribution in [0.5, 0.6) is 0 Å². The van der Waals surface area contributed by atoms with Gasteiger partial charge in [-0.3, -0.25) is 0 Å². The van der Waals surface area contributed by atoms with E-state index in [1.165, 1.54) is 10.4 Å². The van der Waals surface area contributed by atoms with E-state index in [1.807, 2.05) is 12.1 Å². The lowest BCUT2D eigenvalue weighted by Gasteiger charge is -2.32. The Labute approximate surface area is 185 Å². The molecule has 0 atom stereocenters. The number of morpholine rings is 1. The molecule has 0 radical (unpaired) electrons. The molecule has 0 amide bonds. The predicted octanol–water partition coefficient (Wildman–Crippen LogP) is 3.20. The van der Waals surface area contributed by atoms with Crippen LogP contribution in [0.4, 0.5) is 24.7 Å². The number of sulfonamides is 1. The van der Waals surface area contributed by atoms with Gasteiger partial charge >= 0.3 is 6.18 Å². The summed E-state index contributed by atoms with van der Waals surface area (Å²) in [6.07, 6.45) is -2.56. The first-order valence-electron chi connectivity index (χ1n) is 10.5. The molecule has 2 fully saturated rings. The van der Waals surface area contributed by atoms with E-state index in [2.05, 4.69) is 15.2 Å². The van der Waals surface area contributed by atoms with Gasteiger partial charge in [0.1, 0.15) is 5.82 Å². The summed E-state index contributed by atoms with van der Waals surface area (Å²) in [4.78, 5) is 6.24. The third kappa shape index (κ3) is 5.16. The van der Waals surface area contributed by atoms with Gasteiger partial charge in [-0.05, 0) is 49.2 Å². The average Bonchev–Trinajstić information content (AvgIpc) is 2.80. The van der Waals surface area contributed by atoms with Crippen LogP contribution < -0.4 is 10.2 Å². The fourth-order valence-electron chi connectivity index (χ4n) is 3.90. The summed E-state index contributed by atoms with van der Waals surface area (Å²) in [5, 5.41) is 3.10. The molecule has 32 heavy (non-hydrogen) atoms. The van der Waals surface area contributed by atoms with Crippen LogP contribution in [-0.2, 0) is 20.9 Å². The third-order valence-corrected chi connectivity index (χ3v) is 7.66. The fraction of sp³-hybridized carbons (Fsp3) is 0.476. The average molecular weight is 471 g/mol. The summed E-state index contributed by atoms with van der Waals surface area (Å²) in [6, 6.07) is 9.13. The SMILES string of the molecule is O=S(=O)(c1ccc(N2CCOCC2)cc1)N1CCC(Nc2ccc(C(F)(F)F)cn2)CC1. The second-order valence-corrected chi connectivity index (χ2v) is 9.78. The van der Waals surface area contributed by atoms with Crippen molar-refractivity contribution >= 4 is 21.5 Å². The Hall–Kier alpha value is -2.37. The summed E-state index contributed by atoms with van der Waals surface area (Å²) in [7, 11) is -3.61. The summed E-state index contributed by atoms with van der Waals surface area (Å²) < 4.78 is 70.8. The van der Waals surface area contributed by atoms with Crippen molar-refractivity contribution < 1.29 is 26.3 Å². The van der Waals surface area contributed by atoms with E-state index in [0.717, 1.165) is 31.0 Å². The fourth-order valence-corrected chi connectivity index (χ4v) is 5.37. The van der Waals surface area contributed by atoms with Crippen LogP contribution in [0.15, 0.2) is 47.5 Å². The maximum Gasteiger partial charge on any atom is 0.417 e. The summed E-state index contributed by atoms with van der Waals surface area (Å²) in [5.41, 5.74) is 0.169. The number of aromatic nitrogens is 1. The molecule has 0 unspecified atom stereocenters. The zero-order valence-electron chi connectivity index (χ0n) is 17.4. The number of alkyl halides is 3. The molecule has 7 nitrogen and oxygen atoms in total. The number of hydrogen-bond donors (Lipinski definition) is 1. The molecule has 4 rings (SSSR count). The second-order valence-electron chi connectivity index (χ2n) is 7.85. The first kappa shape index (κ1) is 22.8. The summed E-state index contributed by atoms with van der Waals surface area (Å²) in [5.74, 6) is 0.345. The minimum Gasteiger partial charge on any atom is -0.378 e. The zero-order valence-corrected chi connectivity index (χ0v) is 18.2. The third-order valence-electron chi connectivity index (χ3n) is 5.75. The molecule has 2 aromatic rings. The number of nitrogens with one attached hydrogen (secondary N) is 1. The van der Waals surface area contributed by atoms with Gasteiger partial charge in [0.15, 0.2) is 0 Å². The highest BCUT2D eigenvalue weighted by molar-refractivity contribution is 7.89. The lowest BCUT2D eigenvalue weighted by Crippen LogP contribution is -2.42. The molecule has 1 N–H and O–H groups in total. The van der Waals surface area contributed by atoms with Crippen LogP contribution in [0, 0.1) is 0 Å². The molecule has 2 aliphatic heterocycles.